The highest BCUT2D eigenvalue weighted by Crippen LogP contribution is 2.31. The molecule has 0 N–H and O–H groups in total. The largest absolute Gasteiger partial charge is 0.345 e. The molecule has 2 saturated carbocycles. The third-order valence-corrected chi connectivity index (χ3v) is 6.53. The summed E-state index contributed by atoms with van der Waals surface area (Å²) in [7, 11) is 0. The van der Waals surface area contributed by atoms with Gasteiger partial charge in [-0.1, -0.05) is 44.2 Å². The van der Waals surface area contributed by atoms with Crippen LogP contribution in [0.3, 0.4) is 0 Å². The van der Waals surface area contributed by atoms with Gasteiger partial charge < -0.3 is 9.47 Å². The SMILES string of the molecule is O=C(C1CCCC1)N(Cc1cccn1Cc1ccc(F)cc1)C1CCCCC1. The summed E-state index contributed by atoms with van der Waals surface area (Å²) < 4.78 is 15.4. The van der Waals surface area contributed by atoms with Gasteiger partial charge in [0.2, 0.25) is 5.91 Å². The summed E-state index contributed by atoms with van der Waals surface area (Å²) in [6, 6.07) is 11.3. The lowest BCUT2D eigenvalue weighted by molar-refractivity contribution is -0.139. The molecule has 0 radical (unpaired) electrons. The molecule has 2 aliphatic carbocycles. The average Bonchev–Trinajstić information content (AvgIpc) is 3.40. The predicted molar refractivity (Wildman–Crippen MR) is 109 cm³/mol. The Labute approximate surface area is 167 Å². The van der Waals surface area contributed by atoms with Gasteiger partial charge >= 0.3 is 0 Å². The minimum Gasteiger partial charge on any atom is -0.345 e. The molecule has 1 aromatic carbocycles. The lowest BCUT2D eigenvalue weighted by Gasteiger charge is -2.36. The summed E-state index contributed by atoms with van der Waals surface area (Å²) in [5, 5.41) is 0. The molecule has 0 aliphatic heterocycles. The molecule has 2 aromatic rings. The minimum atomic E-state index is -0.206. The molecular formula is C24H31FN2O. The first-order valence-electron chi connectivity index (χ1n) is 10.9. The molecule has 28 heavy (non-hydrogen) atoms. The molecule has 150 valence electrons. The van der Waals surface area contributed by atoms with Gasteiger partial charge in [-0.25, -0.2) is 4.39 Å². The maximum Gasteiger partial charge on any atom is 0.226 e. The van der Waals surface area contributed by atoms with Crippen LogP contribution in [0.25, 0.3) is 0 Å². The summed E-state index contributed by atoms with van der Waals surface area (Å²) >= 11 is 0. The third kappa shape index (κ3) is 4.48. The number of benzene rings is 1. The minimum absolute atomic E-state index is 0.206. The number of aromatic nitrogens is 1. The molecular weight excluding hydrogens is 351 g/mol. The Morgan fingerprint density at radius 1 is 0.964 bits per heavy atom. The van der Waals surface area contributed by atoms with E-state index >= 15 is 0 Å². The number of nitrogens with zero attached hydrogens (tertiary/aromatic N) is 2. The van der Waals surface area contributed by atoms with Crippen LogP contribution >= 0.6 is 0 Å². The van der Waals surface area contributed by atoms with E-state index in [2.05, 4.69) is 27.8 Å². The van der Waals surface area contributed by atoms with E-state index in [1.165, 1.54) is 49.9 Å². The molecule has 2 aliphatic rings. The van der Waals surface area contributed by atoms with Crippen LogP contribution in [0.15, 0.2) is 42.6 Å². The zero-order valence-electron chi connectivity index (χ0n) is 16.7. The standard InChI is InChI=1S/C24H31FN2O/c25-21-14-12-19(13-15-21)17-26-16-6-11-23(26)18-27(22-9-2-1-3-10-22)24(28)20-7-4-5-8-20/h6,11-16,20,22H,1-5,7-10,17-18H2. The summed E-state index contributed by atoms with van der Waals surface area (Å²) in [4.78, 5) is 15.6. The first-order valence-corrected chi connectivity index (χ1v) is 10.9. The van der Waals surface area contributed by atoms with Crippen molar-refractivity contribution in [1.29, 1.82) is 0 Å². The highest BCUT2D eigenvalue weighted by Gasteiger charge is 2.32. The Hall–Kier alpha value is -2.10. The van der Waals surface area contributed by atoms with Crippen molar-refractivity contribution in [2.24, 2.45) is 5.92 Å². The molecule has 4 rings (SSSR count). The van der Waals surface area contributed by atoms with Crippen LogP contribution in [0.1, 0.15) is 69.0 Å². The molecule has 2 fully saturated rings. The molecule has 0 atom stereocenters. The monoisotopic (exact) mass is 382 g/mol. The van der Waals surface area contributed by atoms with E-state index in [9.17, 15) is 9.18 Å². The van der Waals surface area contributed by atoms with Gasteiger partial charge in [-0.2, -0.15) is 0 Å². The number of rotatable bonds is 6. The fourth-order valence-corrected chi connectivity index (χ4v) is 4.90. The fraction of sp³-hybridized carbons (Fsp3) is 0.542. The molecule has 1 amide bonds. The molecule has 3 nitrogen and oxygen atoms in total. The van der Waals surface area contributed by atoms with Gasteiger partial charge in [0, 0.05) is 30.4 Å². The van der Waals surface area contributed by atoms with Crippen LogP contribution in [0.5, 0.6) is 0 Å². The average molecular weight is 383 g/mol. The van der Waals surface area contributed by atoms with Gasteiger partial charge in [0.25, 0.3) is 0 Å². The lowest BCUT2D eigenvalue weighted by Crippen LogP contribution is -2.44. The van der Waals surface area contributed by atoms with Crippen molar-refractivity contribution in [3.8, 4) is 0 Å². The van der Waals surface area contributed by atoms with Crippen molar-refractivity contribution < 1.29 is 9.18 Å². The highest BCUT2D eigenvalue weighted by molar-refractivity contribution is 5.79. The number of halogens is 1. The maximum absolute atomic E-state index is 13.4. The topological polar surface area (TPSA) is 25.2 Å². The van der Waals surface area contributed by atoms with Crippen LogP contribution in [0.4, 0.5) is 4.39 Å². The van der Waals surface area contributed by atoms with Gasteiger partial charge in [-0.05, 0) is 55.5 Å². The molecule has 0 spiro atoms. The second-order valence-corrected chi connectivity index (χ2v) is 8.49. The number of carbonyl (C=O) groups is 1. The Morgan fingerprint density at radius 3 is 2.36 bits per heavy atom. The summed E-state index contributed by atoms with van der Waals surface area (Å²) in [6.45, 7) is 1.40. The number of amides is 1. The Kier molecular flexibility index (Phi) is 6.13. The summed E-state index contributed by atoms with van der Waals surface area (Å²) in [5.41, 5.74) is 2.24. The van der Waals surface area contributed by atoms with E-state index < -0.39 is 0 Å². The second-order valence-electron chi connectivity index (χ2n) is 8.49. The molecule has 0 bridgehead atoms. The molecule has 1 aromatic heterocycles. The predicted octanol–water partition coefficient (Wildman–Crippen LogP) is 5.53. The third-order valence-electron chi connectivity index (χ3n) is 6.53. The van der Waals surface area contributed by atoms with Crippen molar-refractivity contribution in [3.63, 3.8) is 0 Å². The smallest absolute Gasteiger partial charge is 0.226 e. The first-order chi connectivity index (χ1) is 13.7. The number of hydrogen-bond acceptors (Lipinski definition) is 1. The summed E-state index contributed by atoms with van der Waals surface area (Å²) in [5.74, 6) is 0.392. The van der Waals surface area contributed by atoms with Crippen LogP contribution in [-0.2, 0) is 17.9 Å². The zero-order chi connectivity index (χ0) is 19.3. The summed E-state index contributed by atoms with van der Waals surface area (Å²) in [6.07, 6.45) is 12.6. The molecule has 0 saturated heterocycles. The number of carbonyl (C=O) groups excluding carboxylic acids is 1. The van der Waals surface area contributed by atoms with Crippen molar-refractivity contribution in [1.82, 2.24) is 9.47 Å². The lowest BCUT2D eigenvalue weighted by atomic mass is 9.92. The van der Waals surface area contributed by atoms with E-state index in [1.807, 2.05) is 12.1 Å². The van der Waals surface area contributed by atoms with E-state index in [0.29, 0.717) is 25.0 Å². The van der Waals surface area contributed by atoms with Crippen molar-refractivity contribution >= 4 is 5.91 Å². The van der Waals surface area contributed by atoms with Crippen molar-refractivity contribution in [2.45, 2.75) is 76.9 Å². The Balaban J connectivity index is 1.52. The van der Waals surface area contributed by atoms with Crippen molar-refractivity contribution in [3.05, 3.63) is 59.7 Å². The Morgan fingerprint density at radius 2 is 1.64 bits per heavy atom. The van der Waals surface area contributed by atoms with Gasteiger partial charge in [-0.15, -0.1) is 0 Å². The van der Waals surface area contributed by atoms with Gasteiger partial charge in [-0.3, -0.25) is 4.79 Å². The second kappa shape index (κ2) is 8.93. The van der Waals surface area contributed by atoms with Crippen LogP contribution in [-0.4, -0.2) is 21.4 Å². The van der Waals surface area contributed by atoms with E-state index in [4.69, 9.17) is 0 Å². The normalized spacial score (nSPS) is 18.5. The fourth-order valence-electron chi connectivity index (χ4n) is 4.90. The van der Waals surface area contributed by atoms with Crippen LogP contribution < -0.4 is 0 Å². The van der Waals surface area contributed by atoms with Crippen LogP contribution in [0.2, 0.25) is 0 Å². The first kappa shape index (κ1) is 19.2. The molecule has 0 unspecified atom stereocenters. The zero-order valence-corrected chi connectivity index (χ0v) is 16.7. The quantitative estimate of drug-likeness (QED) is 0.645. The molecule has 1 heterocycles. The van der Waals surface area contributed by atoms with E-state index in [-0.39, 0.29) is 11.7 Å². The van der Waals surface area contributed by atoms with Crippen LogP contribution in [0, 0.1) is 11.7 Å². The molecule has 4 heteroatoms. The van der Waals surface area contributed by atoms with Gasteiger partial charge in [0.1, 0.15) is 5.82 Å². The van der Waals surface area contributed by atoms with Crippen molar-refractivity contribution in [2.75, 3.05) is 0 Å². The van der Waals surface area contributed by atoms with Gasteiger partial charge in [0.05, 0.1) is 6.54 Å². The maximum atomic E-state index is 13.4. The van der Waals surface area contributed by atoms with E-state index in [1.54, 1.807) is 0 Å². The van der Waals surface area contributed by atoms with Gasteiger partial charge in [0.15, 0.2) is 0 Å². The Bertz CT molecular complexity index is 770. The number of hydrogen-bond donors (Lipinski definition) is 0. The highest BCUT2D eigenvalue weighted by atomic mass is 19.1. The van der Waals surface area contributed by atoms with E-state index in [0.717, 1.165) is 31.2 Å².